The van der Waals surface area contributed by atoms with E-state index in [0.29, 0.717) is 0 Å². The molecule has 0 aliphatic heterocycles. The zero-order valence-electron chi connectivity index (χ0n) is 9.29. The predicted molar refractivity (Wildman–Crippen MR) is 61.4 cm³/mol. The van der Waals surface area contributed by atoms with Crippen LogP contribution in [0.1, 0.15) is 17.9 Å². The third-order valence-electron chi connectivity index (χ3n) is 2.74. The zero-order valence-corrected chi connectivity index (χ0v) is 10.1. The average Bonchev–Trinajstić information content (AvgIpc) is 2.95. The molecule has 2 rings (SSSR count). The van der Waals surface area contributed by atoms with E-state index in [1.165, 1.54) is 0 Å². The molecular formula is C11H13NO4S. The highest BCUT2D eigenvalue weighted by atomic mass is 32.2. The molecule has 0 heterocycles. The Balaban J connectivity index is 2.08. The number of carbonyl (C=O) groups is 1. The van der Waals surface area contributed by atoms with E-state index in [2.05, 4.69) is 0 Å². The molecule has 2 atom stereocenters. The van der Waals surface area contributed by atoms with Crippen molar-refractivity contribution in [2.75, 3.05) is 6.26 Å². The first kappa shape index (κ1) is 11.9. The molecule has 92 valence electrons. The summed E-state index contributed by atoms with van der Waals surface area (Å²) in [5.41, 5.74) is 5.88. The molecule has 1 fully saturated rings. The largest absolute Gasteiger partial charge is 0.446 e. The van der Waals surface area contributed by atoms with Crippen LogP contribution in [0.2, 0.25) is 0 Å². The first-order chi connectivity index (χ1) is 7.88. The number of ether oxygens (including phenoxy) is 1. The molecule has 1 aromatic carbocycles. The summed E-state index contributed by atoms with van der Waals surface area (Å²) in [6.45, 7) is 0. The lowest BCUT2D eigenvalue weighted by Crippen LogP contribution is -2.14. The standard InChI is InChI=1S/C11H13NO4S/c1-17(14,15)8-4-2-7(3-5-8)9-6-10(9)16-11(12)13/h2-5,9-10H,6H2,1H3,(H2,12,13). The van der Waals surface area contributed by atoms with E-state index in [1.807, 2.05) is 0 Å². The van der Waals surface area contributed by atoms with Crippen LogP contribution >= 0.6 is 0 Å². The summed E-state index contributed by atoms with van der Waals surface area (Å²) in [7, 11) is -3.16. The van der Waals surface area contributed by atoms with Crippen molar-refractivity contribution in [1.29, 1.82) is 0 Å². The molecule has 1 aromatic rings. The second kappa shape index (κ2) is 4.03. The molecule has 0 spiro atoms. The van der Waals surface area contributed by atoms with Gasteiger partial charge < -0.3 is 10.5 Å². The molecular weight excluding hydrogens is 242 g/mol. The normalized spacial score (nSPS) is 23.1. The van der Waals surface area contributed by atoms with Crippen molar-refractivity contribution in [2.24, 2.45) is 5.73 Å². The summed E-state index contributed by atoms with van der Waals surface area (Å²) >= 11 is 0. The van der Waals surface area contributed by atoms with Gasteiger partial charge in [0.25, 0.3) is 0 Å². The minimum atomic E-state index is -3.16. The zero-order chi connectivity index (χ0) is 12.6. The van der Waals surface area contributed by atoms with Gasteiger partial charge in [0.1, 0.15) is 6.10 Å². The van der Waals surface area contributed by atoms with Crippen molar-refractivity contribution >= 4 is 15.9 Å². The van der Waals surface area contributed by atoms with Crippen molar-refractivity contribution < 1.29 is 17.9 Å². The number of benzene rings is 1. The fourth-order valence-corrected chi connectivity index (χ4v) is 2.39. The average molecular weight is 255 g/mol. The summed E-state index contributed by atoms with van der Waals surface area (Å²) in [5.74, 6) is 0.135. The van der Waals surface area contributed by atoms with Crippen molar-refractivity contribution in [3.8, 4) is 0 Å². The fourth-order valence-electron chi connectivity index (χ4n) is 1.76. The molecule has 1 amide bonds. The lowest BCUT2D eigenvalue weighted by atomic mass is 10.1. The van der Waals surface area contributed by atoms with E-state index in [1.54, 1.807) is 24.3 Å². The molecule has 0 saturated heterocycles. The summed E-state index contributed by atoms with van der Waals surface area (Å²) in [5, 5.41) is 0. The first-order valence-corrected chi connectivity index (χ1v) is 7.03. The molecule has 0 radical (unpaired) electrons. The Labute approximate surface area is 99.5 Å². The summed E-state index contributed by atoms with van der Waals surface area (Å²) in [6.07, 6.45) is 0.959. The van der Waals surface area contributed by atoms with Gasteiger partial charge in [0.15, 0.2) is 9.84 Å². The van der Waals surface area contributed by atoms with E-state index in [4.69, 9.17) is 10.5 Å². The quantitative estimate of drug-likeness (QED) is 0.874. The highest BCUT2D eigenvalue weighted by Crippen LogP contribution is 2.43. The van der Waals surface area contributed by atoms with Gasteiger partial charge in [0.2, 0.25) is 0 Å². The van der Waals surface area contributed by atoms with E-state index in [-0.39, 0.29) is 16.9 Å². The van der Waals surface area contributed by atoms with Gasteiger partial charge in [-0.05, 0) is 24.1 Å². The first-order valence-electron chi connectivity index (χ1n) is 5.14. The minimum absolute atomic E-state index is 0.135. The van der Waals surface area contributed by atoms with Crippen LogP contribution in [0.15, 0.2) is 29.2 Å². The Bertz CT molecular complexity index is 535. The number of sulfone groups is 1. The molecule has 0 aromatic heterocycles. The van der Waals surface area contributed by atoms with Crippen molar-refractivity contribution in [2.45, 2.75) is 23.3 Å². The van der Waals surface area contributed by atoms with E-state index in [0.717, 1.165) is 18.2 Å². The molecule has 1 aliphatic rings. The van der Waals surface area contributed by atoms with Crippen molar-refractivity contribution in [3.63, 3.8) is 0 Å². The van der Waals surface area contributed by atoms with Crippen LogP contribution in [0, 0.1) is 0 Å². The minimum Gasteiger partial charge on any atom is -0.446 e. The van der Waals surface area contributed by atoms with Gasteiger partial charge >= 0.3 is 6.09 Å². The second-order valence-electron chi connectivity index (χ2n) is 4.16. The lowest BCUT2D eigenvalue weighted by Gasteiger charge is -2.02. The van der Waals surface area contributed by atoms with Crippen LogP contribution in [0.5, 0.6) is 0 Å². The number of hydrogen-bond acceptors (Lipinski definition) is 4. The maximum absolute atomic E-state index is 11.3. The number of nitrogens with two attached hydrogens (primary N) is 1. The van der Waals surface area contributed by atoms with E-state index >= 15 is 0 Å². The molecule has 1 saturated carbocycles. The van der Waals surface area contributed by atoms with Gasteiger partial charge in [0, 0.05) is 12.2 Å². The lowest BCUT2D eigenvalue weighted by molar-refractivity contribution is 0.147. The molecule has 1 aliphatic carbocycles. The Kier molecular flexibility index (Phi) is 2.82. The molecule has 17 heavy (non-hydrogen) atoms. The monoisotopic (exact) mass is 255 g/mol. The number of amides is 1. The van der Waals surface area contributed by atoms with Crippen LogP contribution in [-0.2, 0) is 14.6 Å². The maximum atomic E-state index is 11.3. The Morgan fingerprint density at radius 1 is 1.35 bits per heavy atom. The smallest absolute Gasteiger partial charge is 0.404 e. The number of hydrogen-bond donors (Lipinski definition) is 1. The topological polar surface area (TPSA) is 86.5 Å². The highest BCUT2D eigenvalue weighted by molar-refractivity contribution is 7.90. The van der Waals surface area contributed by atoms with Gasteiger partial charge in [-0.3, -0.25) is 0 Å². The van der Waals surface area contributed by atoms with Crippen molar-refractivity contribution in [1.82, 2.24) is 0 Å². The summed E-state index contributed by atoms with van der Waals surface area (Å²) in [6, 6.07) is 6.60. The molecule has 2 unspecified atom stereocenters. The molecule has 6 heteroatoms. The van der Waals surface area contributed by atoms with Crippen LogP contribution in [0.25, 0.3) is 0 Å². The number of carbonyl (C=O) groups excluding carboxylic acids is 1. The van der Waals surface area contributed by atoms with E-state index in [9.17, 15) is 13.2 Å². The van der Waals surface area contributed by atoms with Crippen LogP contribution in [0.3, 0.4) is 0 Å². The van der Waals surface area contributed by atoms with Gasteiger partial charge in [-0.25, -0.2) is 13.2 Å². The number of primary amides is 1. The molecule has 0 bridgehead atoms. The SMILES string of the molecule is CS(=O)(=O)c1ccc(C2CC2OC(N)=O)cc1. The summed E-state index contributed by atoms with van der Waals surface area (Å²) < 4.78 is 27.4. The maximum Gasteiger partial charge on any atom is 0.404 e. The number of rotatable bonds is 3. The van der Waals surface area contributed by atoms with Crippen molar-refractivity contribution in [3.05, 3.63) is 29.8 Å². The van der Waals surface area contributed by atoms with E-state index < -0.39 is 15.9 Å². The fraction of sp³-hybridized carbons (Fsp3) is 0.364. The third-order valence-corrected chi connectivity index (χ3v) is 3.86. The second-order valence-corrected chi connectivity index (χ2v) is 6.17. The Hall–Kier alpha value is -1.56. The Morgan fingerprint density at radius 2 is 1.94 bits per heavy atom. The highest BCUT2D eigenvalue weighted by Gasteiger charge is 2.41. The van der Waals surface area contributed by atoms with Gasteiger partial charge in [-0.1, -0.05) is 12.1 Å². The van der Waals surface area contributed by atoms with Crippen LogP contribution in [0.4, 0.5) is 4.79 Å². The van der Waals surface area contributed by atoms with Gasteiger partial charge in [0.05, 0.1) is 4.90 Å². The summed E-state index contributed by atoms with van der Waals surface area (Å²) in [4.78, 5) is 10.8. The predicted octanol–water partition coefficient (Wildman–Crippen LogP) is 1.04. The Morgan fingerprint density at radius 3 is 2.41 bits per heavy atom. The third kappa shape index (κ3) is 2.76. The molecule has 2 N–H and O–H groups in total. The van der Waals surface area contributed by atoms with Crippen LogP contribution < -0.4 is 5.73 Å². The van der Waals surface area contributed by atoms with Gasteiger partial charge in [-0.15, -0.1) is 0 Å². The van der Waals surface area contributed by atoms with Gasteiger partial charge in [-0.2, -0.15) is 0 Å². The molecule has 5 nitrogen and oxygen atoms in total. The van der Waals surface area contributed by atoms with Crippen LogP contribution in [-0.4, -0.2) is 26.9 Å².